The number of aliphatic hydroxyl groups is 1. The van der Waals surface area contributed by atoms with Crippen LogP contribution in [0.1, 0.15) is 23.6 Å². The molecule has 7 heteroatoms. The smallest absolute Gasteiger partial charge is 0.139 e. The number of fused-ring (bicyclic) bond motifs is 2. The van der Waals surface area contributed by atoms with Gasteiger partial charge in [-0.1, -0.05) is 90.1 Å². The van der Waals surface area contributed by atoms with Crippen LogP contribution in [-0.4, -0.2) is 35.1 Å². The molecule has 0 bridgehead atoms. The molecule has 0 fully saturated rings. The molecule has 0 aliphatic carbocycles. The molecule has 0 spiro atoms. The molecule has 1 N–H and O–H groups in total. The van der Waals surface area contributed by atoms with E-state index in [1.54, 1.807) is 4.80 Å². The summed E-state index contributed by atoms with van der Waals surface area (Å²) < 4.78 is 1.88. The Balaban J connectivity index is 1.50. The average molecular weight is 461 g/mol. The minimum absolute atomic E-state index is 0.511. The first kappa shape index (κ1) is 21.2. The highest BCUT2D eigenvalue weighted by atomic mass is 16.3. The largest absolute Gasteiger partial charge is 0.378 e. The molecule has 7 nitrogen and oxygen atoms in total. The lowest BCUT2D eigenvalue weighted by Crippen LogP contribution is -2.40. The predicted octanol–water partition coefficient (Wildman–Crippen LogP) is 4.74. The molecule has 4 aromatic carbocycles. The molecule has 0 amide bonds. The second kappa shape index (κ2) is 8.77. The van der Waals surface area contributed by atoms with Gasteiger partial charge in [-0.3, -0.25) is 0 Å². The third-order valence-corrected chi connectivity index (χ3v) is 6.53. The van der Waals surface area contributed by atoms with Crippen molar-refractivity contribution in [2.45, 2.75) is 24.6 Å². The van der Waals surface area contributed by atoms with E-state index in [2.05, 4.69) is 10.3 Å². The number of aromatic nitrogens is 6. The van der Waals surface area contributed by atoms with Crippen molar-refractivity contribution in [3.8, 4) is 0 Å². The standard InChI is InChI=1S/C28H24N6O/c35-28(21-11-3-1-4-12-21,22-13-5-2-6-14-22)27(34-30-23-15-7-8-16-24(23)31-34)19-20-33-26-18-10-9-17-25(26)29-32-33/h1-18,27,35H,19-20H2. The molecule has 35 heavy (non-hydrogen) atoms. The Labute approximate surface area is 202 Å². The molecule has 6 rings (SSSR count). The lowest BCUT2D eigenvalue weighted by molar-refractivity contribution is 0.00544. The van der Waals surface area contributed by atoms with Gasteiger partial charge in [0.05, 0.1) is 5.52 Å². The molecule has 172 valence electrons. The van der Waals surface area contributed by atoms with Crippen molar-refractivity contribution in [1.29, 1.82) is 0 Å². The quantitative estimate of drug-likeness (QED) is 0.372. The highest BCUT2D eigenvalue weighted by Gasteiger charge is 2.42. The topological polar surface area (TPSA) is 81.6 Å². The number of rotatable bonds is 7. The summed E-state index contributed by atoms with van der Waals surface area (Å²) in [5.41, 5.74) is 3.54. The van der Waals surface area contributed by atoms with E-state index in [1.807, 2.05) is 114 Å². The van der Waals surface area contributed by atoms with Crippen molar-refractivity contribution in [2.75, 3.05) is 0 Å². The van der Waals surface area contributed by atoms with Crippen molar-refractivity contribution >= 4 is 22.1 Å². The van der Waals surface area contributed by atoms with Crippen LogP contribution in [0.25, 0.3) is 22.1 Å². The normalized spacial score (nSPS) is 12.8. The lowest BCUT2D eigenvalue weighted by Gasteiger charge is -2.36. The van der Waals surface area contributed by atoms with Crippen LogP contribution < -0.4 is 0 Å². The summed E-state index contributed by atoms with van der Waals surface area (Å²) in [5, 5.41) is 30.8. The Bertz CT molecular complexity index is 1500. The maximum Gasteiger partial charge on any atom is 0.139 e. The van der Waals surface area contributed by atoms with Crippen LogP contribution >= 0.6 is 0 Å². The summed E-state index contributed by atoms with van der Waals surface area (Å²) in [7, 11) is 0. The van der Waals surface area contributed by atoms with Gasteiger partial charge in [0.15, 0.2) is 0 Å². The third kappa shape index (κ3) is 3.76. The van der Waals surface area contributed by atoms with Gasteiger partial charge in [0.2, 0.25) is 0 Å². The van der Waals surface area contributed by atoms with Crippen molar-refractivity contribution in [3.63, 3.8) is 0 Å². The zero-order valence-electron chi connectivity index (χ0n) is 19.0. The summed E-state index contributed by atoms with van der Waals surface area (Å²) in [5.74, 6) is 0. The summed E-state index contributed by atoms with van der Waals surface area (Å²) in [6.07, 6.45) is 0.522. The van der Waals surface area contributed by atoms with Gasteiger partial charge in [-0.15, -0.1) is 5.10 Å². The number of hydrogen-bond acceptors (Lipinski definition) is 5. The second-order valence-corrected chi connectivity index (χ2v) is 8.61. The van der Waals surface area contributed by atoms with E-state index in [0.29, 0.717) is 13.0 Å². The van der Waals surface area contributed by atoms with Crippen LogP contribution in [0.4, 0.5) is 0 Å². The number of hydrogen-bond donors (Lipinski definition) is 1. The zero-order chi connectivity index (χ0) is 23.7. The first-order chi connectivity index (χ1) is 17.2. The lowest BCUT2D eigenvalue weighted by atomic mass is 9.79. The fraction of sp³-hybridized carbons (Fsp3) is 0.143. The Morgan fingerprint density at radius 2 is 1.17 bits per heavy atom. The van der Waals surface area contributed by atoms with Gasteiger partial charge in [-0.25, -0.2) is 4.68 Å². The molecule has 0 aliphatic rings. The SMILES string of the molecule is OC(c1ccccc1)(c1ccccc1)C(CCn1nnc2ccccc21)n1nc2ccccc2n1. The van der Waals surface area contributed by atoms with Crippen molar-refractivity contribution < 1.29 is 5.11 Å². The number of aryl methyl sites for hydroxylation is 1. The monoisotopic (exact) mass is 460 g/mol. The van der Waals surface area contributed by atoms with Gasteiger partial charge < -0.3 is 5.11 Å². The van der Waals surface area contributed by atoms with Crippen LogP contribution in [0.2, 0.25) is 0 Å². The summed E-state index contributed by atoms with van der Waals surface area (Å²) in [6, 6.07) is 34.6. The Hall–Kier alpha value is -4.36. The molecule has 1 atom stereocenters. The van der Waals surface area contributed by atoms with E-state index in [-0.39, 0.29) is 0 Å². The van der Waals surface area contributed by atoms with Gasteiger partial charge in [0, 0.05) is 6.54 Å². The van der Waals surface area contributed by atoms with Gasteiger partial charge >= 0.3 is 0 Å². The molecule has 0 aliphatic heterocycles. The van der Waals surface area contributed by atoms with E-state index < -0.39 is 11.6 Å². The van der Waals surface area contributed by atoms with Crippen molar-refractivity contribution in [2.24, 2.45) is 0 Å². The minimum Gasteiger partial charge on any atom is -0.378 e. The molecule has 1 unspecified atom stereocenters. The molecule has 2 aromatic heterocycles. The molecule has 6 aromatic rings. The average Bonchev–Trinajstić information content (AvgIpc) is 3.54. The Morgan fingerprint density at radius 1 is 0.657 bits per heavy atom. The predicted molar refractivity (Wildman–Crippen MR) is 135 cm³/mol. The molecule has 2 heterocycles. The van der Waals surface area contributed by atoms with E-state index in [1.165, 1.54) is 0 Å². The first-order valence-corrected chi connectivity index (χ1v) is 11.7. The van der Waals surface area contributed by atoms with E-state index in [0.717, 1.165) is 33.2 Å². The highest BCUT2D eigenvalue weighted by molar-refractivity contribution is 5.74. The van der Waals surface area contributed by atoms with Gasteiger partial charge in [-0.05, 0) is 41.8 Å². The third-order valence-electron chi connectivity index (χ3n) is 6.53. The van der Waals surface area contributed by atoms with E-state index >= 15 is 0 Å². The number of para-hydroxylation sites is 1. The second-order valence-electron chi connectivity index (χ2n) is 8.61. The fourth-order valence-electron chi connectivity index (χ4n) is 4.77. The summed E-state index contributed by atoms with van der Waals surface area (Å²) in [6.45, 7) is 0.533. The Morgan fingerprint density at radius 3 is 1.77 bits per heavy atom. The van der Waals surface area contributed by atoms with Crippen LogP contribution in [0.5, 0.6) is 0 Å². The highest BCUT2D eigenvalue weighted by Crippen LogP contribution is 2.41. The Kier molecular flexibility index (Phi) is 5.31. The maximum atomic E-state index is 12.6. The maximum absolute atomic E-state index is 12.6. The zero-order valence-corrected chi connectivity index (χ0v) is 19.0. The van der Waals surface area contributed by atoms with Crippen LogP contribution in [0.15, 0.2) is 109 Å². The minimum atomic E-state index is -1.38. The summed E-state index contributed by atoms with van der Waals surface area (Å²) >= 11 is 0. The van der Waals surface area contributed by atoms with E-state index in [9.17, 15) is 5.11 Å². The van der Waals surface area contributed by atoms with Gasteiger partial charge in [0.1, 0.15) is 28.2 Å². The number of benzene rings is 4. The van der Waals surface area contributed by atoms with Crippen molar-refractivity contribution in [1.82, 2.24) is 30.0 Å². The number of nitrogens with zero attached hydrogens (tertiary/aromatic N) is 6. The van der Waals surface area contributed by atoms with Crippen molar-refractivity contribution in [3.05, 3.63) is 120 Å². The molecule has 0 saturated carbocycles. The fourth-order valence-corrected chi connectivity index (χ4v) is 4.77. The van der Waals surface area contributed by atoms with Crippen LogP contribution in [-0.2, 0) is 12.1 Å². The van der Waals surface area contributed by atoms with Gasteiger partial charge in [0.25, 0.3) is 0 Å². The summed E-state index contributed by atoms with van der Waals surface area (Å²) in [4.78, 5) is 1.67. The molecule has 0 saturated heterocycles. The molecular weight excluding hydrogens is 436 g/mol. The van der Waals surface area contributed by atoms with E-state index in [4.69, 9.17) is 10.2 Å². The molecule has 0 radical (unpaired) electrons. The molecular formula is C28H24N6O. The first-order valence-electron chi connectivity index (χ1n) is 11.7. The van der Waals surface area contributed by atoms with Gasteiger partial charge in [-0.2, -0.15) is 15.0 Å². The van der Waals surface area contributed by atoms with Crippen LogP contribution in [0, 0.1) is 0 Å². The van der Waals surface area contributed by atoms with Crippen LogP contribution in [0.3, 0.4) is 0 Å².